The van der Waals surface area contributed by atoms with E-state index in [0.717, 1.165) is 12.1 Å². The van der Waals surface area contributed by atoms with E-state index < -0.39 is 6.10 Å². The zero-order valence-electron chi connectivity index (χ0n) is 16.1. The first-order valence-electron chi connectivity index (χ1n) is 8.80. The molecule has 0 radical (unpaired) electrons. The number of guanidine groups is 1. The zero-order valence-corrected chi connectivity index (χ0v) is 16.1. The van der Waals surface area contributed by atoms with Crippen LogP contribution in [0.4, 0.5) is 0 Å². The maximum absolute atomic E-state index is 10.1. The van der Waals surface area contributed by atoms with Crippen molar-refractivity contribution in [2.75, 3.05) is 33.4 Å². The molecule has 0 fully saturated rings. The summed E-state index contributed by atoms with van der Waals surface area (Å²) in [6.07, 6.45) is -0.675. The first kappa shape index (κ1) is 21.4. The van der Waals surface area contributed by atoms with Gasteiger partial charge in [-0.3, -0.25) is 4.99 Å². The zero-order chi connectivity index (χ0) is 18.7. The van der Waals surface area contributed by atoms with Crippen LogP contribution in [0.2, 0.25) is 0 Å². The van der Waals surface area contributed by atoms with Crippen molar-refractivity contribution < 1.29 is 14.6 Å². The SMILES string of the molecule is CCNC(=NCC(C)(C)OC)NCC(O)COC(C)c1ccccc1. The maximum atomic E-state index is 10.1. The summed E-state index contributed by atoms with van der Waals surface area (Å²) in [6, 6.07) is 9.97. The number of methoxy groups -OCH3 is 1. The molecule has 1 aromatic carbocycles. The maximum Gasteiger partial charge on any atom is 0.191 e. The van der Waals surface area contributed by atoms with Gasteiger partial charge in [-0.15, -0.1) is 0 Å². The number of aliphatic imine (C=N–C) groups is 1. The molecule has 0 aliphatic rings. The van der Waals surface area contributed by atoms with Crippen molar-refractivity contribution in [3.63, 3.8) is 0 Å². The van der Waals surface area contributed by atoms with Crippen molar-refractivity contribution in [2.24, 2.45) is 4.99 Å². The number of nitrogens with zero attached hydrogens (tertiary/aromatic N) is 1. The van der Waals surface area contributed by atoms with E-state index >= 15 is 0 Å². The predicted molar refractivity (Wildman–Crippen MR) is 102 cm³/mol. The van der Waals surface area contributed by atoms with Gasteiger partial charge in [-0.05, 0) is 33.3 Å². The minimum atomic E-state index is -0.620. The van der Waals surface area contributed by atoms with Crippen molar-refractivity contribution in [3.05, 3.63) is 35.9 Å². The number of hydrogen-bond acceptors (Lipinski definition) is 4. The lowest BCUT2D eigenvalue weighted by molar-refractivity contribution is -0.000637. The molecular weight excluding hydrogens is 318 g/mol. The van der Waals surface area contributed by atoms with Gasteiger partial charge in [-0.1, -0.05) is 30.3 Å². The molecule has 0 aliphatic heterocycles. The number of rotatable bonds is 10. The summed E-state index contributed by atoms with van der Waals surface area (Å²) in [7, 11) is 1.67. The molecule has 0 amide bonds. The van der Waals surface area contributed by atoms with Gasteiger partial charge in [0.25, 0.3) is 0 Å². The normalized spacial score (nSPS) is 14.9. The van der Waals surface area contributed by atoms with E-state index in [1.54, 1.807) is 7.11 Å². The molecule has 0 heterocycles. The summed E-state index contributed by atoms with van der Waals surface area (Å²) in [5.74, 6) is 0.655. The second-order valence-corrected chi connectivity index (χ2v) is 6.58. The second kappa shape index (κ2) is 11.1. The van der Waals surface area contributed by atoms with Crippen molar-refractivity contribution in [3.8, 4) is 0 Å². The number of benzene rings is 1. The number of aliphatic hydroxyl groups excluding tert-OH is 1. The highest BCUT2D eigenvalue weighted by atomic mass is 16.5. The number of aliphatic hydroxyl groups is 1. The van der Waals surface area contributed by atoms with E-state index in [4.69, 9.17) is 9.47 Å². The van der Waals surface area contributed by atoms with Gasteiger partial charge in [-0.2, -0.15) is 0 Å². The van der Waals surface area contributed by atoms with Crippen LogP contribution in [0.25, 0.3) is 0 Å². The standard InChI is InChI=1S/C19H33N3O3/c1-6-20-18(22-14-19(3,4)24-5)21-12-17(23)13-25-15(2)16-10-8-7-9-11-16/h7-11,15,17,23H,6,12-14H2,1-5H3,(H2,20,21,22). The van der Waals surface area contributed by atoms with Crippen LogP contribution in [0.3, 0.4) is 0 Å². The molecule has 1 rings (SSSR count). The lowest BCUT2D eigenvalue weighted by atomic mass is 10.1. The number of nitrogens with one attached hydrogen (secondary N) is 2. The molecule has 0 aromatic heterocycles. The van der Waals surface area contributed by atoms with Crippen LogP contribution in [-0.2, 0) is 9.47 Å². The molecule has 2 unspecified atom stereocenters. The third-order valence-electron chi connectivity index (χ3n) is 3.83. The summed E-state index contributed by atoms with van der Waals surface area (Å²) in [5, 5.41) is 16.4. The van der Waals surface area contributed by atoms with E-state index in [0.29, 0.717) is 19.0 Å². The Morgan fingerprint density at radius 1 is 1.24 bits per heavy atom. The van der Waals surface area contributed by atoms with Crippen LogP contribution in [0.5, 0.6) is 0 Å². The van der Waals surface area contributed by atoms with E-state index in [1.165, 1.54) is 0 Å². The fourth-order valence-electron chi connectivity index (χ4n) is 2.02. The Morgan fingerprint density at radius 2 is 1.92 bits per heavy atom. The van der Waals surface area contributed by atoms with Gasteiger partial charge >= 0.3 is 0 Å². The lowest BCUT2D eigenvalue weighted by Crippen LogP contribution is -2.43. The molecule has 3 N–H and O–H groups in total. The molecular formula is C19H33N3O3. The third-order valence-corrected chi connectivity index (χ3v) is 3.83. The summed E-state index contributed by atoms with van der Waals surface area (Å²) in [6.45, 7) is 9.83. The predicted octanol–water partition coefficient (Wildman–Crippen LogP) is 2.11. The van der Waals surface area contributed by atoms with Crippen molar-refractivity contribution in [2.45, 2.75) is 45.5 Å². The second-order valence-electron chi connectivity index (χ2n) is 6.58. The molecule has 6 heteroatoms. The monoisotopic (exact) mass is 351 g/mol. The molecule has 142 valence electrons. The van der Waals surface area contributed by atoms with Crippen LogP contribution >= 0.6 is 0 Å². The Morgan fingerprint density at radius 3 is 2.52 bits per heavy atom. The summed E-state index contributed by atoms with van der Waals surface area (Å²) in [4.78, 5) is 4.49. The minimum absolute atomic E-state index is 0.0553. The Hall–Kier alpha value is -1.63. The number of ether oxygens (including phenoxy) is 2. The van der Waals surface area contributed by atoms with Gasteiger partial charge in [-0.25, -0.2) is 0 Å². The molecule has 25 heavy (non-hydrogen) atoms. The van der Waals surface area contributed by atoms with Crippen LogP contribution in [-0.4, -0.2) is 56.1 Å². The summed E-state index contributed by atoms with van der Waals surface area (Å²) >= 11 is 0. The van der Waals surface area contributed by atoms with Crippen LogP contribution < -0.4 is 10.6 Å². The first-order valence-corrected chi connectivity index (χ1v) is 8.80. The molecule has 0 saturated carbocycles. The Kier molecular flexibility index (Phi) is 9.49. The van der Waals surface area contributed by atoms with E-state index in [-0.39, 0.29) is 18.3 Å². The Labute approximate surface area is 151 Å². The van der Waals surface area contributed by atoms with E-state index in [9.17, 15) is 5.11 Å². The Bertz CT molecular complexity index is 506. The molecule has 0 spiro atoms. The molecule has 6 nitrogen and oxygen atoms in total. The number of hydrogen-bond donors (Lipinski definition) is 3. The van der Waals surface area contributed by atoms with Crippen LogP contribution in [0.15, 0.2) is 35.3 Å². The van der Waals surface area contributed by atoms with Gasteiger partial charge in [0.2, 0.25) is 0 Å². The van der Waals surface area contributed by atoms with Gasteiger partial charge in [0.1, 0.15) is 0 Å². The van der Waals surface area contributed by atoms with Gasteiger partial charge in [0, 0.05) is 20.2 Å². The minimum Gasteiger partial charge on any atom is -0.389 e. The Balaban J connectivity index is 2.41. The van der Waals surface area contributed by atoms with Crippen molar-refractivity contribution >= 4 is 5.96 Å². The van der Waals surface area contributed by atoms with E-state index in [1.807, 2.05) is 58.0 Å². The first-order chi connectivity index (χ1) is 11.9. The van der Waals surface area contributed by atoms with Gasteiger partial charge < -0.3 is 25.2 Å². The fraction of sp³-hybridized carbons (Fsp3) is 0.632. The molecule has 2 atom stereocenters. The van der Waals surface area contributed by atoms with Crippen molar-refractivity contribution in [1.29, 1.82) is 0 Å². The van der Waals surface area contributed by atoms with Gasteiger partial charge in [0.15, 0.2) is 5.96 Å². The average Bonchev–Trinajstić information content (AvgIpc) is 2.62. The smallest absolute Gasteiger partial charge is 0.191 e. The highest BCUT2D eigenvalue weighted by Gasteiger charge is 2.16. The third kappa shape index (κ3) is 8.86. The molecule has 0 bridgehead atoms. The molecule has 0 saturated heterocycles. The quantitative estimate of drug-likeness (QED) is 0.445. The highest BCUT2D eigenvalue weighted by molar-refractivity contribution is 5.79. The van der Waals surface area contributed by atoms with Gasteiger partial charge in [0.05, 0.1) is 31.0 Å². The lowest BCUT2D eigenvalue weighted by Gasteiger charge is -2.22. The average molecular weight is 351 g/mol. The topological polar surface area (TPSA) is 75.1 Å². The van der Waals surface area contributed by atoms with Crippen molar-refractivity contribution in [1.82, 2.24) is 10.6 Å². The fourth-order valence-corrected chi connectivity index (χ4v) is 2.02. The van der Waals surface area contributed by atoms with E-state index in [2.05, 4.69) is 15.6 Å². The molecule has 0 aliphatic carbocycles. The largest absolute Gasteiger partial charge is 0.389 e. The summed E-state index contributed by atoms with van der Waals surface area (Å²) < 4.78 is 11.1. The van der Waals surface area contributed by atoms with Crippen LogP contribution in [0, 0.1) is 0 Å². The summed E-state index contributed by atoms with van der Waals surface area (Å²) in [5.41, 5.74) is 0.772. The highest BCUT2D eigenvalue weighted by Crippen LogP contribution is 2.15. The molecule has 1 aromatic rings. The van der Waals surface area contributed by atoms with Crippen LogP contribution in [0.1, 0.15) is 39.4 Å².